The third-order valence-corrected chi connectivity index (χ3v) is 7.69. The van der Waals surface area contributed by atoms with E-state index >= 15 is 0 Å². The molecule has 5 rings (SSSR count). The first-order valence-electron chi connectivity index (χ1n) is 11.2. The summed E-state index contributed by atoms with van der Waals surface area (Å²) in [6.07, 6.45) is 7.75. The second-order valence-corrected chi connectivity index (χ2v) is 9.40. The number of methoxy groups -OCH3 is 1. The van der Waals surface area contributed by atoms with Crippen LogP contribution in [0, 0.1) is 0 Å². The van der Waals surface area contributed by atoms with Crippen LogP contribution >= 0.6 is 11.3 Å². The molecule has 1 aliphatic heterocycles. The molecule has 1 aromatic carbocycles. The SMILES string of the molecule is COCCCNC(=O)N1Cc2c(sc3c2CCCC3)-n2cccc2[C@@H]1c1ccccc1. The summed E-state index contributed by atoms with van der Waals surface area (Å²) in [5, 5.41) is 4.44. The van der Waals surface area contributed by atoms with Gasteiger partial charge in [0, 0.05) is 36.9 Å². The molecule has 1 aliphatic carbocycles. The minimum absolute atomic E-state index is 0.0127. The van der Waals surface area contributed by atoms with Crippen molar-refractivity contribution in [2.75, 3.05) is 20.3 Å². The van der Waals surface area contributed by atoms with Crippen LogP contribution in [0.15, 0.2) is 48.7 Å². The highest BCUT2D eigenvalue weighted by atomic mass is 32.1. The van der Waals surface area contributed by atoms with E-state index in [-0.39, 0.29) is 12.1 Å². The molecule has 0 saturated carbocycles. The number of hydrogen-bond acceptors (Lipinski definition) is 3. The van der Waals surface area contributed by atoms with Crippen LogP contribution in [-0.2, 0) is 24.1 Å². The average Bonchev–Trinajstić information content (AvgIpc) is 3.39. The Labute approximate surface area is 187 Å². The number of aromatic nitrogens is 1. The Morgan fingerprint density at radius 1 is 1.13 bits per heavy atom. The third-order valence-electron chi connectivity index (χ3n) is 6.36. The lowest BCUT2D eigenvalue weighted by molar-refractivity contribution is 0.174. The standard InChI is InChI=1S/C25H29N3O2S/c1-30-16-8-14-26-25(29)28-17-20-19-11-5-6-13-22(19)31-24(20)27-15-7-12-21(27)23(28)18-9-3-2-4-10-18/h2-4,7,9-10,12,15,23H,5-6,8,11,13-14,16-17H2,1H3,(H,26,29)/t23-/m0/s1. The van der Waals surface area contributed by atoms with Crippen LogP contribution in [0.4, 0.5) is 4.79 Å². The van der Waals surface area contributed by atoms with Crippen molar-refractivity contribution >= 4 is 17.4 Å². The molecule has 2 aromatic heterocycles. The van der Waals surface area contributed by atoms with Gasteiger partial charge in [0.25, 0.3) is 0 Å². The molecule has 0 saturated heterocycles. The van der Waals surface area contributed by atoms with Crippen molar-refractivity contribution in [3.63, 3.8) is 0 Å². The zero-order chi connectivity index (χ0) is 21.2. The number of nitrogens with zero attached hydrogens (tertiary/aromatic N) is 2. The van der Waals surface area contributed by atoms with Crippen molar-refractivity contribution < 1.29 is 9.53 Å². The molecule has 1 N–H and O–H groups in total. The van der Waals surface area contributed by atoms with Crippen LogP contribution in [0.2, 0.25) is 0 Å². The van der Waals surface area contributed by atoms with Crippen LogP contribution in [-0.4, -0.2) is 35.8 Å². The fourth-order valence-electron chi connectivity index (χ4n) is 4.89. The van der Waals surface area contributed by atoms with Gasteiger partial charge in [0.15, 0.2) is 0 Å². The summed E-state index contributed by atoms with van der Waals surface area (Å²) < 4.78 is 7.47. The topological polar surface area (TPSA) is 46.5 Å². The van der Waals surface area contributed by atoms with E-state index in [0.717, 1.165) is 30.5 Å². The fourth-order valence-corrected chi connectivity index (χ4v) is 6.29. The van der Waals surface area contributed by atoms with Gasteiger partial charge in [-0.05, 0) is 55.4 Å². The first kappa shape index (κ1) is 20.3. The van der Waals surface area contributed by atoms with Gasteiger partial charge in [-0.25, -0.2) is 4.79 Å². The molecule has 162 valence electrons. The molecular formula is C25H29N3O2S. The van der Waals surface area contributed by atoms with Gasteiger partial charge in [-0.15, -0.1) is 11.3 Å². The van der Waals surface area contributed by atoms with Gasteiger partial charge >= 0.3 is 6.03 Å². The van der Waals surface area contributed by atoms with Gasteiger partial charge in [-0.1, -0.05) is 30.3 Å². The maximum Gasteiger partial charge on any atom is 0.318 e. The minimum Gasteiger partial charge on any atom is -0.385 e. The summed E-state index contributed by atoms with van der Waals surface area (Å²) >= 11 is 1.92. The van der Waals surface area contributed by atoms with E-state index in [0.29, 0.717) is 19.7 Å². The molecular weight excluding hydrogens is 406 g/mol. The smallest absolute Gasteiger partial charge is 0.318 e. The van der Waals surface area contributed by atoms with Crippen molar-refractivity contribution in [3.8, 4) is 5.00 Å². The summed E-state index contributed by atoms with van der Waals surface area (Å²) in [6, 6.07) is 14.5. The average molecular weight is 436 g/mol. The predicted molar refractivity (Wildman–Crippen MR) is 124 cm³/mol. The van der Waals surface area contributed by atoms with E-state index < -0.39 is 0 Å². The van der Waals surface area contributed by atoms with Crippen molar-refractivity contribution in [2.45, 2.75) is 44.7 Å². The van der Waals surface area contributed by atoms with E-state index in [4.69, 9.17) is 4.74 Å². The number of ether oxygens (including phenoxy) is 1. The highest BCUT2D eigenvalue weighted by Crippen LogP contribution is 2.43. The highest BCUT2D eigenvalue weighted by molar-refractivity contribution is 7.15. The molecule has 2 amide bonds. The lowest BCUT2D eigenvalue weighted by Crippen LogP contribution is -2.42. The number of benzene rings is 1. The lowest BCUT2D eigenvalue weighted by atomic mass is 9.95. The van der Waals surface area contributed by atoms with Gasteiger partial charge < -0.3 is 19.5 Å². The molecule has 3 aromatic rings. The molecule has 0 bridgehead atoms. The molecule has 0 unspecified atom stereocenters. The molecule has 6 heteroatoms. The molecule has 2 aliphatic rings. The lowest BCUT2D eigenvalue weighted by Gasteiger charge is -2.31. The summed E-state index contributed by atoms with van der Waals surface area (Å²) in [7, 11) is 1.69. The zero-order valence-electron chi connectivity index (χ0n) is 18.0. The number of thiophene rings is 1. The molecule has 5 nitrogen and oxygen atoms in total. The zero-order valence-corrected chi connectivity index (χ0v) is 18.8. The second kappa shape index (κ2) is 8.89. The van der Waals surface area contributed by atoms with Crippen molar-refractivity contribution in [1.29, 1.82) is 0 Å². The van der Waals surface area contributed by atoms with Gasteiger partial charge in [-0.3, -0.25) is 0 Å². The number of carbonyl (C=O) groups is 1. The number of aryl methyl sites for hydroxylation is 1. The van der Waals surface area contributed by atoms with Gasteiger partial charge in [0.2, 0.25) is 0 Å². The van der Waals surface area contributed by atoms with Gasteiger partial charge in [-0.2, -0.15) is 0 Å². The first-order valence-corrected chi connectivity index (χ1v) is 12.0. The summed E-state index contributed by atoms with van der Waals surface area (Å²) in [5.41, 5.74) is 5.11. The van der Waals surface area contributed by atoms with E-state index in [1.807, 2.05) is 22.3 Å². The van der Waals surface area contributed by atoms with E-state index in [2.05, 4.69) is 52.5 Å². The van der Waals surface area contributed by atoms with Gasteiger partial charge in [0.1, 0.15) is 5.00 Å². The van der Waals surface area contributed by atoms with Crippen LogP contribution < -0.4 is 5.32 Å². The number of rotatable bonds is 5. The normalized spacial score (nSPS) is 17.5. The van der Waals surface area contributed by atoms with E-state index in [1.54, 1.807) is 7.11 Å². The minimum atomic E-state index is -0.127. The van der Waals surface area contributed by atoms with Crippen LogP contribution in [0.3, 0.4) is 0 Å². The maximum atomic E-state index is 13.5. The Morgan fingerprint density at radius 2 is 1.97 bits per heavy atom. The Bertz CT molecular complexity index is 1060. The Hall–Kier alpha value is -2.57. The predicted octanol–water partition coefficient (Wildman–Crippen LogP) is 5.07. The van der Waals surface area contributed by atoms with Crippen LogP contribution in [0.1, 0.15) is 52.6 Å². The first-order chi connectivity index (χ1) is 15.3. The Kier molecular flexibility index (Phi) is 5.83. The second-order valence-electron chi connectivity index (χ2n) is 8.32. The summed E-state index contributed by atoms with van der Waals surface area (Å²) in [5.74, 6) is 0. The number of carbonyl (C=O) groups excluding carboxylic acids is 1. The molecule has 3 heterocycles. The number of urea groups is 1. The van der Waals surface area contributed by atoms with Crippen molar-refractivity contribution in [3.05, 3.63) is 75.9 Å². The molecule has 0 radical (unpaired) electrons. The summed E-state index contributed by atoms with van der Waals surface area (Å²) in [6.45, 7) is 1.90. The third kappa shape index (κ3) is 3.79. The van der Waals surface area contributed by atoms with Crippen LogP contribution in [0.5, 0.6) is 0 Å². The van der Waals surface area contributed by atoms with E-state index in [9.17, 15) is 4.79 Å². The molecule has 1 atom stereocenters. The van der Waals surface area contributed by atoms with E-state index in [1.165, 1.54) is 33.8 Å². The Morgan fingerprint density at radius 3 is 2.81 bits per heavy atom. The largest absolute Gasteiger partial charge is 0.385 e. The van der Waals surface area contributed by atoms with Gasteiger partial charge in [0.05, 0.1) is 18.3 Å². The number of amides is 2. The highest BCUT2D eigenvalue weighted by Gasteiger charge is 2.35. The van der Waals surface area contributed by atoms with Crippen molar-refractivity contribution in [1.82, 2.24) is 14.8 Å². The molecule has 31 heavy (non-hydrogen) atoms. The number of hydrogen-bond donors (Lipinski definition) is 1. The molecule has 0 spiro atoms. The quantitative estimate of drug-likeness (QED) is 0.569. The fraction of sp³-hybridized carbons (Fsp3) is 0.400. The maximum absolute atomic E-state index is 13.5. The molecule has 0 fully saturated rings. The monoisotopic (exact) mass is 435 g/mol. The number of nitrogens with one attached hydrogen (secondary N) is 1. The van der Waals surface area contributed by atoms with Crippen molar-refractivity contribution in [2.24, 2.45) is 0 Å². The number of fused-ring (bicyclic) bond motifs is 5. The Balaban J connectivity index is 1.59. The van der Waals surface area contributed by atoms with Crippen LogP contribution in [0.25, 0.3) is 5.00 Å². The summed E-state index contributed by atoms with van der Waals surface area (Å²) in [4.78, 5) is 17.0.